The molecule has 5 rings (SSSR count). The summed E-state index contributed by atoms with van der Waals surface area (Å²) in [7, 11) is 1.71. The summed E-state index contributed by atoms with van der Waals surface area (Å²) in [6.07, 6.45) is 8.06. The number of dihydropyridines is 1. The van der Waals surface area contributed by atoms with Crippen LogP contribution in [0.3, 0.4) is 0 Å². The highest BCUT2D eigenvalue weighted by atomic mass is 16.5. The van der Waals surface area contributed by atoms with Crippen LogP contribution >= 0.6 is 0 Å². The third kappa shape index (κ3) is 3.68. The molecule has 2 N–H and O–H groups in total. The predicted molar refractivity (Wildman–Crippen MR) is 137 cm³/mol. The van der Waals surface area contributed by atoms with Crippen molar-refractivity contribution in [2.24, 2.45) is 0 Å². The minimum atomic E-state index is -0.588. The van der Waals surface area contributed by atoms with Crippen LogP contribution in [-0.2, 0) is 4.74 Å². The van der Waals surface area contributed by atoms with Crippen LogP contribution in [-0.4, -0.2) is 28.9 Å². The number of pyridine rings is 1. The van der Waals surface area contributed by atoms with Crippen LogP contribution in [0.4, 0.5) is 0 Å². The summed E-state index contributed by atoms with van der Waals surface area (Å²) < 4.78 is 17.7. The maximum absolute atomic E-state index is 6.17. The molecule has 0 aliphatic carbocycles. The molecule has 1 unspecified atom stereocenters. The molecule has 34 heavy (non-hydrogen) atoms. The largest absolute Gasteiger partial charge is 0.496 e. The van der Waals surface area contributed by atoms with Crippen molar-refractivity contribution in [3.05, 3.63) is 65.4 Å². The Bertz CT molecular complexity index is 1450. The first-order chi connectivity index (χ1) is 16.2. The SMILES string of the molecule is COc1cc2c(cc1-c1c(C)coc1C)[nH]c1nc(C)cc(C3=CC(C)(OC(C)C)NC=C3)c12. The molecule has 1 aliphatic rings. The van der Waals surface area contributed by atoms with Gasteiger partial charge in [-0.15, -0.1) is 0 Å². The fourth-order valence-corrected chi connectivity index (χ4v) is 5.03. The zero-order valence-electron chi connectivity index (χ0n) is 20.8. The Morgan fingerprint density at radius 3 is 2.56 bits per heavy atom. The summed E-state index contributed by atoms with van der Waals surface area (Å²) in [6, 6.07) is 6.38. The van der Waals surface area contributed by atoms with Gasteiger partial charge in [0.25, 0.3) is 0 Å². The van der Waals surface area contributed by atoms with Gasteiger partial charge in [0.1, 0.15) is 17.2 Å². The van der Waals surface area contributed by atoms with Crippen molar-refractivity contribution in [3.63, 3.8) is 0 Å². The van der Waals surface area contributed by atoms with E-state index in [4.69, 9.17) is 18.9 Å². The fraction of sp³-hybridized carbons (Fsp3) is 0.321. The van der Waals surface area contributed by atoms with Gasteiger partial charge in [0, 0.05) is 33.1 Å². The molecule has 4 aromatic rings. The number of furan rings is 1. The third-order valence-electron chi connectivity index (χ3n) is 6.29. The summed E-state index contributed by atoms with van der Waals surface area (Å²) in [5.41, 5.74) is 7.55. The number of allylic oxidation sites excluding steroid dienone is 2. The summed E-state index contributed by atoms with van der Waals surface area (Å²) >= 11 is 0. The van der Waals surface area contributed by atoms with Crippen LogP contribution in [0.5, 0.6) is 5.75 Å². The van der Waals surface area contributed by atoms with Gasteiger partial charge in [0.05, 0.1) is 19.5 Å². The van der Waals surface area contributed by atoms with Gasteiger partial charge in [0.15, 0.2) is 5.72 Å². The third-order valence-corrected chi connectivity index (χ3v) is 6.29. The minimum Gasteiger partial charge on any atom is -0.496 e. The van der Waals surface area contributed by atoms with E-state index in [2.05, 4.69) is 47.6 Å². The van der Waals surface area contributed by atoms with Gasteiger partial charge >= 0.3 is 0 Å². The van der Waals surface area contributed by atoms with Crippen LogP contribution < -0.4 is 10.1 Å². The maximum Gasteiger partial charge on any atom is 0.155 e. The molecule has 6 heteroatoms. The van der Waals surface area contributed by atoms with Gasteiger partial charge in [-0.2, -0.15) is 0 Å². The van der Waals surface area contributed by atoms with Crippen molar-refractivity contribution in [3.8, 4) is 16.9 Å². The lowest BCUT2D eigenvalue weighted by atomic mass is 9.94. The van der Waals surface area contributed by atoms with Crippen LogP contribution in [0.15, 0.2) is 47.2 Å². The van der Waals surface area contributed by atoms with Crippen LogP contribution in [0, 0.1) is 20.8 Å². The molecule has 0 fully saturated rings. The van der Waals surface area contributed by atoms with Gasteiger partial charge in [-0.3, -0.25) is 0 Å². The summed E-state index contributed by atoms with van der Waals surface area (Å²) in [5.74, 6) is 1.67. The Hall–Kier alpha value is -3.51. The van der Waals surface area contributed by atoms with Crippen molar-refractivity contribution >= 4 is 27.5 Å². The molecular weight excluding hydrogens is 426 g/mol. The van der Waals surface area contributed by atoms with Crippen molar-refractivity contribution < 1.29 is 13.9 Å². The second-order valence-corrected chi connectivity index (χ2v) is 9.46. The number of aryl methyl sites for hydroxylation is 3. The molecule has 0 amide bonds. The summed E-state index contributed by atoms with van der Waals surface area (Å²) in [6.45, 7) is 12.2. The number of nitrogens with zero attached hydrogens (tertiary/aromatic N) is 1. The number of rotatable bonds is 5. The summed E-state index contributed by atoms with van der Waals surface area (Å²) in [4.78, 5) is 8.37. The first-order valence-electron chi connectivity index (χ1n) is 11.6. The van der Waals surface area contributed by atoms with Gasteiger partial charge in [-0.25, -0.2) is 4.98 Å². The topological polar surface area (TPSA) is 72.3 Å². The second-order valence-electron chi connectivity index (χ2n) is 9.46. The van der Waals surface area contributed by atoms with Gasteiger partial charge in [0.2, 0.25) is 0 Å². The Balaban J connectivity index is 1.77. The van der Waals surface area contributed by atoms with Crippen molar-refractivity contribution in [1.82, 2.24) is 15.3 Å². The molecule has 0 spiro atoms. The van der Waals surface area contributed by atoms with E-state index in [0.29, 0.717) is 0 Å². The first-order valence-corrected chi connectivity index (χ1v) is 11.6. The van der Waals surface area contributed by atoms with E-state index < -0.39 is 5.72 Å². The van der Waals surface area contributed by atoms with Crippen LogP contribution in [0.2, 0.25) is 0 Å². The number of hydrogen-bond donors (Lipinski definition) is 2. The molecule has 1 aliphatic heterocycles. The van der Waals surface area contributed by atoms with Gasteiger partial charge in [-0.05, 0) is 94.8 Å². The Kier molecular flexibility index (Phi) is 5.29. The summed E-state index contributed by atoms with van der Waals surface area (Å²) in [5, 5.41) is 5.47. The number of ether oxygens (including phenoxy) is 2. The van der Waals surface area contributed by atoms with Crippen molar-refractivity contribution in [1.29, 1.82) is 0 Å². The monoisotopic (exact) mass is 457 g/mol. The van der Waals surface area contributed by atoms with E-state index in [-0.39, 0.29) is 6.10 Å². The fourth-order valence-electron chi connectivity index (χ4n) is 5.03. The number of fused-ring (bicyclic) bond motifs is 3. The van der Waals surface area contributed by atoms with E-state index in [0.717, 1.165) is 67.0 Å². The maximum atomic E-state index is 6.17. The number of aromatic amines is 1. The molecule has 176 valence electrons. The second kappa shape index (κ2) is 8.06. The van der Waals surface area contributed by atoms with Gasteiger partial charge < -0.3 is 24.2 Å². The average molecular weight is 458 g/mol. The molecule has 3 aromatic heterocycles. The van der Waals surface area contributed by atoms with E-state index in [1.165, 1.54) is 0 Å². The lowest BCUT2D eigenvalue weighted by molar-refractivity contribution is -0.0487. The quantitative estimate of drug-likeness (QED) is 0.355. The van der Waals surface area contributed by atoms with Crippen LogP contribution in [0.1, 0.15) is 43.4 Å². The molecule has 1 atom stereocenters. The number of benzene rings is 1. The number of nitrogens with one attached hydrogen (secondary N) is 2. The highest BCUT2D eigenvalue weighted by Crippen LogP contribution is 2.42. The molecule has 6 nitrogen and oxygen atoms in total. The molecule has 4 heterocycles. The standard InChI is InChI=1S/C28H31N3O3/c1-15(2)34-28(6)13-19(8-9-29-28)20-10-17(4)30-27-26(20)21-12-24(32-7)22(11-23(21)31-27)25-16(3)14-33-18(25)5/h8-15,29H,1-7H3,(H,30,31). The zero-order chi connectivity index (χ0) is 24.2. The number of H-pyrrole nitrogens is 1. The minimum absolute atomic E-state index is 0.0892. The normalized spacial score (nSPS) is 18.1. The molecule has 0 radical (unpaired) electrons. The number of aromatic nitrogens is 2. The molecule has 1 aromatic carbocycles. The average Bonchev–Trinajstić information content (AvgIpc) is 3.29. The highest BCUT2D eigenvalue weighted by Gasteiger charge is 2.27. The molecule has 0 saturated heterocycles. The van der Waals surface area contributed by atoms with Gasteiger partial charge in [-0.1, -0.05) is 0 Å². The first kappa shape index (κ1) is 22.3. The number of methoxy groups -OCH3 is 1. The zero-order valence-corrected chi connectivity index (χ0v) is 20.8. The highest BCUT2D eigenvalue weighted by molar-refractivity contribution is 6.13. The Labute approximate surface area is 199 Å². The predicted octanol–water partition coefficient (Wildman–Crippen LogP) is 6.55. The molecule has 0 bridgehead atoms. The van der Waals surface area contributed by atoms with E-state index in [9.17, 15) is 0 Å². The Morgan fingerprint density at radius 1 is 1.09 bits per heavy atom. The smallest absolute Gasteiger partial charge is 0.155 e. The molecular formula is C28H31N3O3. The van der Waals surface area contributed by atoms with E-state index in [1.54, 1.807) is 13.4 Å². The van der Waals surface area contributed by atoms with Crippen molar-refractivity contribution in [2.45, 2.75) is 53.4 Å². The lowest BCUT2D eigenvalue weighted by Gasteiger charge is -2.32. The lowest BCUT2D eigenvalue weighted by Crippen LogP contribution is -2.43. The van der Waals surface area contributed by atoms with E-state index >= 15 is 0 Å². The molecule has 0 saturated carbocycles. The van der Waals surface area contributed by atoms with Crippen LogP contribution in [0.25, 0.3) is 38.6 Å². The van der Waals surface area contributed by atoms with Crippen molar-refractivity contribution in [2.75, 3.05) is 7.11 Å². The Morgan fingerprint density at radius 2 is 1.88 bits per heavy atom. The van der Waals surface area contributed by atoms with E-state index in [1.807, 2.05) is 40.8 Å². The number of hydrogen-bond acceptors (Lipinski definition) is 5.